The number of hydrogen-bond acceptors (Lipinski definition) is 1. The van der Waals surface area contributed by atoms with Crippen molar-refractivity contribution in [3.63, 3.8) is 0 Å². The van der Waals surface area contributed by atoms with Crippen molar-refractivity contribution in [2.24, 2.45) is 5.92 Å². The number of ketones is 1. The van der Waals surface area contributed by atoms with Crippen molar-refractivity contribution in [1.29, 1.82) is 0 Å². The molecule has 1 aromatic rings. The molecule has 0 N–H and O–H groups in total. The van der Waals surface area contributed by atoms with Crippen molar-refractivity contribution in [3.05, 3.63) is 42.0 Å². The molecule has 1 aliphatic rings. The second-order valence-electron chi connectivity index (χ2n) is 4.13. The molecule has 0 amide bonds. The molecule has 0 radical (unpaired) electrons. The van der Waals surface area contributed by atoms with E-state index in [2.05, 4.69) is 0 Å². The fraction of sp³-hybridized carbons (Fsp3) is 0.357. The standard InChI is InChI=1S/C14H16O/c15-14(13-8-4-5-9-13)11-10-12-6-2-1-3-7-12/h1-3,6-7,10-11,13H,4-5,8-9H2/b11-10+. The average Bonchev–Trinajstić information content (AvgIpc) is 2.81. The Kier molecular flexibility index (Phi) is 3.33. The molecule has 1 fully saturated rings. The third-order valence-electron chi connectivity index (χ3n) is 3.00. The van der Waals surface area contributed by atoms with Gasteiger partial charge in [0.25, 0.3) is 0 Å². The van der Waals surface area contributed by atoms with E-state index in [1.165, 1.54) is 12.8 Å². The minimum Gasteiger partial charge on any atom is -0.295 e. The summed E-state index contributed by atoms with van der Waals surface area (Å²) in [5, 5.41) is 0. The van der Waals surface area contributed by atoms with E-state index in [0.717, 1.165) is 18.4 Å². The van der Waals surface area contributed by atoms with Crippen LogP contribution in [0.2, 0.25) is 0 Å². The van der Waals surface area contributed by atoms with E-state index in [-0.39, 0.29) is 0 Å². The molecule has 0 spiro atoms. The lowest BCUT2D eigenvalue weighted by molar-refractivity contribution is -0.117. The van der Waals surface area contributed by atoms with Gasteiger partial charge in [-0.05, 0) is 24.5 Å². The first-order chi connectivity index (χ1) is 7.36. The summed E-state index contributed by atoms with van der Waals surface area (Å²) in [4.78, 5) is 11.7. The van der Waals surface area contributed by atoms with E-state index in [4.69, 9.17) is 0 Å². The lowest BCUT2D eigenvalue weighted by Gasteiger charge is -2.02. The smallest absolute Gasteiger partial charge is 0.158 e. The molecular formula is C14H16O. The SMILES string of the molecule is O=C(/C=C/c1ccccc1)C1CCCC1. The molecule has 0 heterocycles. The summed E-state index contributed by atoms with van der Waals surface area (Å²) in [6, 6.07) is 9.98. The molecule has 1 aliphatic carbocycles. The molecule has 15 heavy (non-hydrogen) atoms. The highest BCUT2D eigenvalue weighted by Crippen LogP contribution is 2.25. The van der Waals surface area contributed by atoms with Crippen molar-refractivity contribution in [2.45, 2.75) is 25.7 Å². The second kappa shape index (κ2) is 4.92. The molecule has 78 valence electrons. The molecule has 2 rings (SSSR count). The van der Waals surface area contributed by atoms with Crippen LogP contribution >= 0.6 is 0 Å². The Balaban J connectivity index is 1.96. The van der Waals surface area contributed by atoms with Crippen LogP contribution in [-0.4, -0.2) is 5.78 Å². The Morgan fingerprint density at radius 1 is 1.13 bits per heavy atom. The van der Waals surface area contributed by atoms with Crippen LogP contribution < -0.4 is 0 Å². The van der Waals surface area contributed by atoms with Gasteiger partial charge < -0.3 is 0 Å². The lowest BCUT2D eigenvalue weighted by atomic mass is 10.0. The Bertz CT molecular complexity index is 345. The van der Waals surface area contributed by atoms with Gasteiger partial charge in [0, 0.05) is 5.92 Å². The molecule has 1 heteroatoms. The normalized spacial score (nSPS) is 17.3. The van der Waals surface area contributed by atoms with Crippen molar-refractivity contribution >= 4 is 11.9 Å². The Labute approximate surface area is 90.8 Å². The van der Waals surface area contributed by atoms with E-state index in [9.17, 15) is 4.79 Å². The maximum atomic E-state index is 11.7. The fourth-order valence-corrected chi connectivity index (χ4v) is 2.09. The van der Waals surface area contributed by atoms with Gasteiger partial charge in [0.15, 0.2) is 5.78 Å². The third kappa shape index (κ3) is 2.79. The Hall–Kier alpha value is -1.37. The van der Waals surface area contributed by atoms with Crippen molar-refractivity contribution in [1.82, 2.24) is 0 Å². The van der Waals surface area contributed by atoms with Gasteiger partial charge >= 0.3 is 0 Å². The fourth-order valence-electron chi connectivity index (χ4n) is 2.09. The van der Waals surface area contributed by atoms with Crippen LogP contribution in [0.3, 0.4) is 0 Å². The maximum absolute atomic E-state index is 11.7. The van der Waals surface area contributed by atoms with Crippen LogP contribution in [0, 0.1) is 5.92 Å². The average molecular weight is 200 g/mol. The minimum atomic E-state index is 0.296. The zero-order valence-corrected chi connectivity index (χ0v) is 8.86. The zero-order valence-electron chi connectivity index (χ0n) is 8.86. The summed E-state index contributed by atoms with van der Waals surface area (Å²) in [6.07, 6.45) is 8.26. The zero-order chi connectivity index (χ0) is 10.5. The molecule has 0 saturated heterocycles. The molecular weight excluding hydrogens is 184 g/mol. The molecule has 1 aromatic carbocycles. The van der Waals surface area contributed by atoms with Crippen LogP contribution in [0.25, 0.3) is 6.08 Å². The maximum Gasteiger partial charge on any atom is 0.158 e. The number of benzene rings is 1. The highest BCUT2D eigenvalue weighted by Gasteiger charge is 2.20. The first-order valence-corrected chi connectivity index (χ1v) is 5.63. The molecule has 0 atom stereocenters. The number of carbonyl (C=O) groups is 1. The highest BCUT2D eigenvalue weighted by molar-refractivity contribution is 5.95. The largest absolute Gasteiger partial charge is 0.295 e. The van der Waals surface area contributed by atoms with E-state index in [1.807, 2.05) is 36.4 Å². The molecule has 0 bridgehead atoms. The number of allylic oxidation sites excluding steroid dienone is 1. The van der Waals surface area contributed by atoms with Crippen LogP contribution in [-0.2, 0) is 4.79 Å². The van der Waals surface area contributed by atoms with E-state index < -0.39 is 0 Å². The van der Waals surface area contributed by atoms with Gasteiger partial charge in [0.2, 0.25) is 0 Å². The topological polar surface area (TPSA) is 17.1 Å². The monoisotopic (exact) mass is 200 g/mol. The summed E-state index contributed by atoms with van der Waals surface area (Å²) in [5.41, 5.74) is 1.10. The van der Waals surface area contributed by atoms with Gasteiger partial charge in [-0.25, -0.2) is 0 Å². The molecule has 0 unspecified atom stereocenters. The van der Waals surface area contributed by atoms with Crippen LogP contribution in [0.15, 0.2) is 36.4 Å². The third-order valence-corrected chi connectivity index (χ3v) is 3.00. The summed E-state index contributed by atoms with van der Waals surface area (Å²) < 4.78 is 0. The first-order valence-electron chi connectivity index (χ1n) is 5.63. The number of hydrogen-bond donors (Lipinski definition) is 0. The van der Waals surface area contributed by atoms with E-state index in [0.29, 0.717) is 11.7 Å². The molecule has 0 aliphatic heterocycles. The molecule has 1 saturated carbocycles. The minimum absolute atomic E-state index is 0.296. The van der Waals surface area contributed by atoms with Gasteiger partial charge in [-0.15, -0.1) is 0 Å². The second-order valence-corrected chi connectivity index (χ2v) is 4.13. The summed E-state index contributed by atoms with van der Waals surface area (Å²) in [5.74, 6) is 0.598. The highest BCUT2D eigenvalue weighted by atomic mass is 16.1. The first kappa shape index (κ1) is 10.2. The van der Waals surface area contributed by atoms with Crippen LogP contribution in [0.1, 0.15) is 31.2 Å². The predicted octanol–water partition coefficient (Wildman–Crippen LogP) is 3.46. The van der Waals surface area contributed by atoms with Crippen molar-refractivity contribution < 1.29 is 4.79 Å². The summed E-state index contributed by atoms with van der Waals surface area (Å²) >= 11 is 0. The van der Waals surface area contributed by atoms with Crippen molar-refractivity contribution in [3.8, 4) is 0 Å². The number of rotatable bonds is 3. The summed E-state index contributed by atoms with van der Waals surface area (Å²) in [6.45, 7) is 0. The lowest BCUT2D eigenvalue weighted by Crippen LogP contribution is -2.06. The predicted molar refractivity (Wildman–Crippen MR) is 62.4 cm³/mol. The van der Waals surface area contributed by atoms with E-state index in [1.54, 1.807) is 6.08 Å². The number of carbonyl (C=O) groups excluding carboxylic acids is 1. The van der Waals surface area contributed by atoms with Gasteiger partial charge in [0.05, 0.1) is 0 Å². The van der Waals surface area contributed by atoms with Gasteiger partial charge in [0.1, 0.15) is 0 Å². The quantitative estimate of drug-likeness (QED) is 0.683. The van der Waals surface area contributed by atoms with Gasteiger partial charge in [-0.2, -0.15) is 0 Å². The molecule has 1 nitrogen and oxygen atoms in total. The van der Waals surface area contributed by atoms with Gasteiger partial charge in [-0.1, -0.05) is 49.2 Å². The van der Waals surface area contributed by atoms with Crippen LogP contribution in [0.5, 0.6) is 0 Å². The van der Waals surface area contributed by atoms with E-state index >= 15 is 0 Å². The van der Waals surface area contributed by atoms with Gasteiger partial charge in [-0.3, -0.25) is 4.79 Å². The molecule has 0 aromatic heterocycles. The van der Waals surface area contributed by atoms with Crippen LogP contribution in [0.4, 0.5) is 0 Å². The van der Waals surface area contributed by atoms with Crippen molar-refractivity contribution in [2.75, 3.05) is 0 Å². The summed E-state index contributed by atoms with van der Waals surface area (Å²) in [7, 11) is 0. The Morgan fingerprint density at radius 3 is 2.47 bits per heavy atom. The Morgan fingerprint density at radius 2 is 1.80 bits per heavy atom.